The van der Waals surface area contributed by atoms with Crippen LogP contribution < -0.4 is 15.4 Å². The Kier molecular flexibility index (Phi) is 8.49. The van der Waals surface area contributed by atoms with E-state index in [1.807, 2.05) is 0 Å². The van der Waals surface area contributed by atoms with E-state index in [2.05, 4.69) is 32.7 Å². The molecule has 5 aliphatic rings. The third-order valence-corrected chi connectivity index (χ3v) is 11.2. The van der Waals surface area contributed by atoms with Gasteiger partial charge in [0, 0.05) is 54.0 Å². The molecule has 50 heavy (non-hydrogen) atoms. The normalized spacial score (nSPS) is 29.8. The summed E-state index contributed by atoms with van der Waals surface area (Å²) in [5.74, 6) is -1.21. The predicted molar refractivity (Wildman–Crippen MR) is 182 cm³/mol. The van der Waals surface area contributed by atoms with Gasteiger partial charge in [-0.25, -0.2) is 22.0 Å². The van der Waals surface area contributed by atoms with Crippen LogP contribution in [0.2, 0.25) is 0 Å². The second-order valence-electron chi connectivity index (χ2n) is 14.5. The zero-order chi connectivity index (χ0) is 35.7. The fraction of sp³-hybridized carbons (Fsp3) is 0.541. The Labute approximate surface area is 288 Å². The number of aromatic nitrogens is 3. The molecule has 5 heterocycles. The average molecular weight is 697 g/mol. The van der Waals surface area contributed by atoms with Crippen LogP contribution in [0, 0.1) is 36.4 Å². The zero-order valence-corrected chi connectivity index (χ0v) is 28.6. The maximum Gasteiger partial charge on any atom is 0.318 e. The molecule has 5 fully saturated rings. The number of ether oxygens (including phenoxy) is 2. The summed E-state index contributed by atoms with van der Waals surface area (Å²) in [4.78, 5) is 17.1. The Balaban J connectivity index is 0.000000249. The number of allylic oxidation sites excluding steroid dienone is 2. The molecule has 266 valence electrons. The number of rotatable bonds is 5. The van der Waals surface area contributed by atoms with E-state index in [1.165, 1.54) is 25.8 Å². The van der Waals surface area contributed by atoms with Crippen LogP contribution in [0.15, 0.2) is 24.2 Å². The number of methoxy groups -OCH3 is 1. The molecule has 2 saturated carbocycles. The molecule has 1 spiro atoms. The van der Waals surface area contributed by atoms with Gasteiger partial charge in [0.15, 0.2) is 5.82 Å². The molecule has 0 amide bonds. The lowest BCUT2D eigenvalue weighted by atomic mass is 9.90. The van der Waals surface area contributed by atoms with E-state index in [0.717, 1.165) is 19.4 Å². The van der Waals surface area contributed by atoms with Gasteiger partial charge in [0.1, 0.15) is 29.0 Å². The van der Waals surface area contributed by atoms with Crippen molar-refractivity contribution in [3.8, 4) is 29.6 Å². The van der Waals surface area contributed by atoms with Crippen LogP contribution in [0.1, 0.15) is 57.1 Å². The second kappa shape index (κ2) is 12.3. The van der Waals surface area contributed by atoms with Gasteiger partial charge in [-0.15, -0.1) is 6.42 Å². The molecule has 5 unspecified atom stereocenters. The number of hydrogen-bond donors (Lipinski definition) is 1. The molecular weight excluding hydrogens is 655 g/mol. The van der Waals surface area contributed by atoms with E-state index in [-0.39, 0.29) is 58.0 Å². The van der Waals surface area contributed by atoms with E-state index >= 15 is 4.39 Å². The number of benzene rings is 1. The summed E-state index contributed by atoms with van der Waals surface area (Å²) in [6.07, 6.45) is 9.27. The Hall–Kier alpha value is -4.02. The SMILES string of the molecule is C#C/C(=C(\F)CC)c1c(C)cc(N)cc1-c1ncc2c(N3CCOCC4C(F)C43)nc(OC)nc2c1F.CC12CCCN1CC1(C2)CC1(F)F. The number of pyridine rings is 1. The average Bonchev–Trinajstić information content (AvgIpc) is 3.79. The molecule has 3 saturated heterocycles. The minimum Gasteiger partial charge on any atom is -0.467 e. The molecule has 1 aromatic carbocycles. The van der Waals surface area contributed by atoms with Crippen LogP contribution in [0.25, 0.3) is 27.7 Å². The van der Waals surface area contributed by atoms with Gasteiger partial charge in [0.05, 0.1) is 42.7 Å². The first-order chi connectivity index (χ1) is 23.8. The molecule has 0 bridgehead atoms. The van der Waals surface area contributed by atoms with E-state index in [1.54, 1.807) is 24.8 Å². The van der Waals surface area contributed by atoms with E-state index in [0.29, 0.717) is 48.9 Å². The minimum atomic E-state index is -2.35. The first-order valence-corrected chi connectivity index (χ1v) is 17.1. The summed E-state index contributed by atoms with van der Waals surface area (Å²) in [6, 6.07) is 2.63. The van der Waals surface area contributed by atoms with Gasteiger partial charge in [-0.1, -0.05) is 12.8 Å². The highest BCUT2D eigenvalue weighted by molar-refractivity contribution is 5.96. The smallest absolute Gasteiger partial charge is 0.318 e. The Morgan fingerprint density at radius 1 is 1.22 bits per heavy atom. The van der Waals surface area contributed by atoms with E-state index in [9.17, 15) is 17.6 Å². The molecule has 2 N–H and O–H groups in total. The molecule has 13 heteroatoms. The molecular formula is C37H41F5N6O2. The van der Waals surface area contributed by atoms with Crippen LogP contribution in [-0.4, -0.2) is 83.5 Å². The van der Waals surface area contributed by atoms with Crippen LogP contribution >= 0.6 is 0 Å². The number of halogens is 5. The maximum atomic E-state index is 16.2. The summed E-state index contributed by atoms with van der Waals surface area (Å²) < 4.78 is 82.6. The van der Waals surface area contributed by atoms with Gasteiger partial charge >= 0.3 is 6.01 Å². The van der Waals surface area contributed by atoms with Crippen LogP contribution in [-0.2, 0) is 4.74 Å². The maximum absolute atomic E-state index is 16.2. The molecule has 3 aromatic rings. The van der Waals surface area contributed by atoms with Crippen LogP contribution in [0.5, 0.6) is 6.01 Å². The number of fused-ring (bicyclic) bond motifs is 3. The van der Waals surface area contributed by atoms with Crippen molar-refractivity contribution in [3.63, 3.8) is 0 Å². The van der Waals surface area contributed by atoms with Gasteiger partial charge < -0.3 is 20.1 Å². The minimum absolute atomic E-state index is 0.00980. The fourth-order valence-electron chi connectivity index (χ4n) is 8.45. The molecule has 8 rings (SSSR count). The van der Waals surface area contributed by atoms with Gasteiger partial charge in [0.25, 0.3) is 5.92 Å². The van der Waals surface area contributed by atoms with Gasteiger partial charge in [-0.2, -0.15) is 9.97 Å². The second-order valence-corrected chi connectivity index (χ2v) is 14.5. The largest absolute Gasteiger partial charge is 0.467 e. The van der Waals surface area contributed by atoms with Crippen molar-refractivity contribution in [2.24, 2.45) is 11.3 Å². The monoisotopic (exact) mass is 696 g/mol. The van der Waals surface area contributed by atoms with Crippen molar-refractivity contribution in [3.05, 3.63) is 41.1 Å². The first-order valence-electron chi connectivity index (χ1n) is 17.1. The van der Waals surface area contributed by atoms with Crippen molar-refractivity contribution in [1.29, 1.82) is 0 Å². The number of nitrogens with two attached hydrogens (primary N) is 1. The Morgan fingerprint density at radius 3 is 2.64 bits per heavy atom. The topological polar surface area (TPSA) is 89.6 Å². The molecule has 2 aromatic heterocycles. The number of aryl methyl sites for hydroxylation is 1. The molecule has 0 radical (unpaired) electrons. The lowest BCUT2D eigenvalue weighted by Gasteiger charge is -2.26. The highest BCUT2D eigenvalue weighted by atomic mass is 19.3. The van der Waals surface area contributed by atoms with Crippen molar-refractivity contribution >= 4 is 28.0 Å². The van der Waals surface area contributed by atoms with Crippen LogP contribution in [0.3, 0.4) is 0 Å². The van der Waals surface area contributed by atoms with Crippen molar-refractivity contribution in [2.45, 2.75) is 76.6 Å². The Morgan fingerprint density at radius 2 is 1.98 bits per heavy atom. The van der Waals surface area contributed by atoms with Crippen molar-refractivity contribution in [1.82, 2.24) is 19.9 Å². The van der Waals surface area contributed by atoms with Gasteiger partial charge in [-0.05, 0) is 63.8 Å². The summed E-state index contributed by atoms with van der Waals surface area (Å²) in [5, 5.41) is 0.288. The predicted octanol–water partition coefficient (Wildman–Crippen LogP) is 6.90. The van der Waals surface area contributed by atoms with Gasteiger partial charge in [-0.3, -0.25) is 9.88 Å². The lowest BCUT2D eigenvalue weighted by Crippen LogP contribution is -2.34. The number of anilines is 2. The van der Waals surface area contributed by atoms with E-state index < -0.39 is 35.2 Å². The van der Waals surface area contributed by atoms with Gasteiger partial charge in [0.2, 0.25) is 0 Å². The lowest BCUT2D eigenvalue weighted by molar-refractivity contribution is 0.0657. The summed E-state index contributed by atoms with van der Waals surface area (Å²) >= 11 is 0. The highest BCUT2D eigenvalue weighted by Crippen LogP contribution is 2.69. The third kappa shape index (κ3) is 5.55. The molecule has 5 atom stereocenters. The summed E-state index contributed by atoms with van der Waals surface area (Å²) in [7, 11) is 1.37. The van der Waals surface area contributed by atoms with Crippen LogP contribution in [0.4, 0.5) is 33.5 Å². The van der Waals surface area contributed by atoms with Crippen molar-refractivity contribution in [2.75, 3.05) is 50.6 Å². The number of alkyl halides is 3. The molecule has 2 aliphatic carbocycles. The Bertz CT molecular complexity index is 1930. The fourth-order valence-corrected chi connectivity index (χ4v) is 8.45. The highest BCUT2D eigenvalue weighted by Gasteiger charge is 2.76. The number of nitrogen functional groups attached to an aromatic ring is 1. The standard InChI is InChI=1S/C27H26F3N5O2.C10H15F2N/c1-5-15(19(28)6-2)20-13(3)9-14(31)10-16(20)23-22(30)24-17(11-32-23)26(34-27(33-24)36-4)35-7-8-37-12-18-21(29)25(18)35;1-8-3-2-4-13(8)7-9(5-8)6-10(9,11)12/h1,9-11,18,21,25H,6-8,12,31H2,2-4H3;2-7H2,1H3/b19-15+;. The molecule has 3 aliphatic heterocycles. The number of terminal acetylenes is 1. The first kappa shape index (κ1) is 34.4. The van der Waals surface area contributed by atoms with Crippen molar-refractivity contribution < 1.29 is 31.4 Å². The third-order valence-electron chi connectivity index (χ3n) is 11.2. The summed E-state index contributed by atoms with van der Waals surface area (Å²) in [6.45, 7) is 8.25. The number of nitrogens with zero attached hydrogens (tertiary/aromatic N) is 5. The summed E-state index contributed by atoms with van der Waals surface area (Å²) in [5.41, 5.74) is 6.90. The zero-order valence-electron chi connectivity index (χ0n) is 28.6. The molecule has 8 nitrogen and oxygen atoms in total. The number of hydrogen-bond acceptors (Lipinski definition) is 8. The van der Waals surface area contributed by atoms with E-state index in [4.69, 9.17) is 21.6 Å². The quantitative estimate of drug-likeness (QED) is 0.175.